The number of nitrogens with zero attached hydrogens (tertiary/aromatic N) is 5. The number of amides is 8. The molecule has 0 bridgehead atoms. The molecule has 0 unspecified atom stereocenters. The Hall–Kier alpha value is -7.30. The number of aromatic nitrogens is 6. The van der Waals surface area contributed by atoms with Crippen molar-refractivity contribution in [2.45, 2.75) is 157 Å². The van der Waals surface area contributed by atoms with Crippen LogP contribution in [0.4, 0.5) is 10.6 Å². The first-order chi connectivity index (χ1) is 45.3. The number of aromatic amines is 1. The SMILES string of the molecule is Cc1c(N)nc([C@H](CC(N)=O)NC[C@H](N)C(N)=O)nc1C(=O)N[C@H](C(=O)N[C@H](C)[C@@H](O)[C@H](C)C(=O)N[C@H](C(=O)NCCc1nc(-c2nc(C(=O)NCCC[S+](C)C)cs2)cs1)[C@@H](C)O)[C@@H](O[C@H]1O[C@H](CO)[C@H](O)[C@@H](O)[C@H]1O[C@@H]1O[C@@H](CO)[C@H](O)[C@@H](OC(N)=O)[C@H]1O)c1cnc[nH]1. The minimum Gasteiger partial charge on any atom is -0.441 e. The summed E-state index contributed by atoms with van der Waals surface area (Å²) in [5.41, 5.74) is 28.1. The third-order valence-electron chi connectivity index (χ3n) is 15.3. The van der Waals surface area contributed by atoms with E-state index in [1.165, 1.54) is 50.4 Å². The summed E-state index contributed by atoms with van der Waals surface area (Å²) >= 11 is 2.52. The molecule has 38 nitrogen and oxygen atoms in total. The molecule has 0 aromatic carbocycles. The minimum atomic E-state index is -2.20. The average molecular weight is 1420 g/mol. The summed E-state index contributed by atoms with van der Waals surface area (Å²) in [6.07, 6.45) is -20.0. The highest BCUT2D eigenvalue weighted by molar-refractivity contribution is 7.95. The highest BCUT2D eigenvalue weighted by atomic mass is 32.2. The number of ether oxygens (including phenoxy) is 5. The summed E-state index contributed by atoms with van der Waals surface area (Å²) in [6.45, 7) is 3.18. The van der Waals surface area contributed by atoms with Gasteiger partial charge in [-0.15, -0.1) is 22.7 Å². The number of nitrogen functional groups attached to an aromatic ring is 1. The van der Waals surface area contributed by atoms with Gasteiger partial charge in [-0.2, -0.15) is 0 Å². The van der Waals surface area contributed by atoms with Gasteiger partial charge in [0.1, 0.15) is 100 Å². The van der Waals surface area contributed by atoms with E-state index in [-0.39, 0.29) is 64.9 Å². The van der Waals surface area contributed by atoms with Crippen molar-refractivity contribution in [3.8, 4) is 10.7 Å². The normalized spacial score (nSPS) is 24.0. The van der Waals surface area contributed by atoms with E-state index >= 15 is 4.79 Å². The number of H-pyrrole nitrogens is 1. The van der Waals surface area contributed by atoms with Crippen LogP contribution in [0.15, 0.2) is 23.3 Å². The molecule has 532 valence electrons. The number of primary amides is 3. The van der Waals surface area contributed by atoms with Crippen LogP contribution in [0.2, 0.25) is 0 Å². The maximum atomic E-state index is 15.2. The Bertz CT molecular complexity index is 3280. The van der Waals surface area contributed by atoms with Crippen molar-refractivity contribution in [2.75, 3.05) is 56.8 Å². The molecule has 0 saturated carbocycles. The second-order valence-electron chi connectivity index (χ2n) is 22.8. The Kier molecular flexibility index (Phi) is 29.0. The summed E-state index contributed by atoms with van der Waals surface area (Å²) in [6, 6.07) is -7.85. The quantitative estimate of drug-likeness (QED) is 0.0150. The highest BCUT2D eigenvalue weighted by Gasteiger charge is 2.54. The molecule has 0 spiro atoms. The molecule has 4 aromatic rings. The highest BCUT2D eigenvalue weighted by Crippen LogP contribution is 2.35. The van der Waals surface area contributed by atoms with E-state index in [0.717, 1.165) is 24.7 Å². The van der Waals surface area contributed by atoms with E-state index in [2.05, 4.69) is 74.3 Å². The molecule has 25 N–H and O–H groups in total. The van der Waals surface area contributed by atoms with E-state index in [0.29, 0.717) is 22.3 Å². The van der Waals surface area contributed by atoms with E-state index in [4.69, 9.17) is 52.4 Å². The van der Waals surface area contributed by atoms with Crippen LogP contribution in [-0.2, 0) is 65.0 Å². The van der Waals surface area contributed by atoms with Crippen LogP contribution in [0.5, 0.6) is 0 Å². The standard InChI is InChI=1S/C55H83N17O21S3/c1-20-33(69-46(72-44(20)58)25(12-31(57)76)64-13-24(56)45(59)82)50(86)71-35(41(26-14-61-19-65-26)91-54-43(39(80)37(78)29(15-73)90-54)92-53-40(81)42(93-55(60)88)38(79)30(16-74)89-53)51(87)66-22(3)36(77)21(2)47(83)70-34(23(4)75)49(85)63-10-8-32-67-28(18-94-32)52-68-27(17-95-52)48(84)62-9-7-11-96(5)6/h14,17-19,21-25,29-30,34-43,53-54,64,73-75,77-81H,7-13,15-16,56H2,1-6H3,(H13-,57,58,59,60,61,62,63,65,66,69,70,71,72,76,82,83,84,85,86,87,88)/p+1/t21-,22+,23+,24-,25-,29+,30-,34-,35-,36-,37-,38-,39+,40+,41-,42+,43+,53-,54+/m0/s1. The lowest BCUT2D eigenvalue weighted by molar-refractivity contribution is -0.372. The Balaban J connectivity index is 1.26. The van der Waals surface area contributed by atoms with E-state index < -0.39 is 183 Å². The molecule has 96 heavy (non-hydrogen) atoms. The van der Waals surface area contributed by atoms with Crippen LogP contribution in [0.1, 0.15) is 88.8 Å². The maximum absolute atomic E-state index is 15.2. The van der Waals surface area contributed by atoms with Crippen LogP contribution in [-0.4, -0.2) is 267 Å². The molecule has 41 heteroatoms. The van der Waals surface area contributed by atoms with E-state index in [9.17, 15) is 74.4 Å². The van der Waals surface area contributed by atoms with Crippen LogP contribution in [0.25, 0.3) is 10.7 Å². The van der Waals surface area contributed by atoms with E-state index in [1.807, 2.05) is 0 Å². The monoisotopic (exact) mass is 1410 g/mol. The molecule has 8 amide bonds. The number of carbonyl (C=O) groups is 8. The van der Waals surface area contributed by atoms with Crippen LogP contribution in [0.3, 0.4) is 0 Å². The van der Waals surface area contributed by atoms with Crippen molar-refractivity contribution >= 4 is 86.8 Å². The van der Waals surface area contributed by atoms with Crippen molar-refractivity contribution in [2.24, 2.45) is 28.9 Å². The van der Waals surface area contributed by atoms with Gasteiger partial charge in [-0.1, -0.05) is 6.92 Å². The number of nitrogens with two attached hydrogens (primary N) is 5. The smallest absolute Gasteiger partial charge is 0.404 e. The molecule has 19 atom stereocenters. The van der Waals surface area contributed by atoms with Gasteiger partial charge in [0.25, 0.3) is 11.8 Å². The predicted molar refractivity (Wildman–Crippen MR) is 339 cm³/mol. The third kappa shape index (κ3) is 20.6. The molecule has 4 aromatic heterocycles. The lowest BCUT2D eigenvalue weighted by atomic mass is 9.96. The first-order valence-electron chi connectivity index (χ1n) is 29.8. The summed E-state index contributed by atoms with van der Waals surface area (Å²) in [4.78, 5) is 131. The predicted octanol–water partition coefficient (Wildman–Crippen LogP) is -7.70. The van der Waals surface area contributed by atoms with Gasteiger partial charge in [0.2, 0.25) is 29.5 Å². The molecular weight excluding hydrogens is 1330 g/mol. The Morgan fingerprint density at radius 1 is 0.781 bits per heavy atom. The van der Waals surface area contributed by atoms with Crippen LogP contribution < -0.4 is 60.6 Å². The number of rotatable bonds is 35. The number of imidazole rings is 1. The van der Waals surface area contributed by atoms with Crippen molar-refractivity contribution in [3.05, 3.63) is 56.8 Å². The molecule has 0 aliphatic carbocycles. The fraction of sp³-hybridized carbons (Fsp3) is 0.618. The molecule has 2 aliphatic heterocycles. The lowest BCUT2D eigenvalue weighted by Gasteiger charge is -2.47. The molecular formula is C55H84N17O21S3+. The Morgan fingerprint density at radius 3 is 2.09 bits per heavy atom. The van der Waals surface area contributed by atoms with Gasteiger partial charge in [-0.25, -0.2) is 29.7 Å². The summed E-state index contributed by atoms with van der Waals surface area (Å²) in [5.74, 6) is -7.69. The van der Waals surface area contributed by atoms with Crippen LogP contribution >= 0.6 is 22.7 Å². The molecule has 0 radical (unpaired) electrons. The second kappa shape index (κ2) is 35.8. The van der Waals surface area contributed by atoms with Crippen molar-refractivity contribution < 1.29 is 103 Å². The fourth-order valence-corrected chi connectivity index (χ4v) is 12.1. The van der Waals surface area contributed by atoms with Gasteiger partial charge in [-0.05, 0) is 31.7 Å². The Labute approximate surface area is 559 Å². The molecule has 2 fully saturated rings. The number of hydrogen-bond donors (Lipinski definition) is 20. The molecule has 2 saturated heterocycles. The van der Waals surface area contributed by atoms with Gasteiger partial charge in [0.15, 0.2) is 18.7 Å². The lowest BCUT2D eigenvalue weighted by Crippen LogP contribution is -2.65. The zero-order valence-corrected chi connectivity index (χ0v) is 55.3. The number of thiazole rings is 2. The van der Waals surface area contributed by atoms with Crippen molar-refractivity contribution in [3.63, 3.8) is 0 Å². The number of carbonyl (C=O) groups excluding carboxylic acids is 8. The van der Waals surface area contributed by atoms with Gasteiger partial charge in [0, 0.05) is 55.2 Å². The van der Waals surface area contributed by atoms with E-state index in [1.54, 1.807) is 10.8 Å². The average Bonchev–Trinajstić information content (AvgIpc) is 0.885. The zero-order valence-electron chi connectivity index (χ0n) is 52.9. The summed E-state index contributed by atoms with van der Waals surface area (Å²) < 4.78 is 28.7. The molecule has 6 heterocycles. The largest absolute Gasteiger partial charge is 0.441 e. The number of anilines is 1. The second-order valence-corrected chi connectivity index (χ2v) is 27.0. The minimum absolute atomic E-state index is 0.00498. The molecule has 2 aliphatic rings. The van der Waals surface area contributed by atoms with Gasteiger partial charge in [0.05, 0.1) is 85.2 Å². The number of hydrogen-bond acceptors (Lipinski definition) is 31. The maximum Gasteiger partial charge on any atom is 0.404 e. The number of nitrogens with one attached hydrogen (secondary N) is 7. The first-order valence-corrected chi connectivity index (χ1v) is 33.8. The number of aliphatic hydroxyl groups excluding tert-OH is 8. The molecule has 6 rings (SSSR count). The third-order valence-corrected chi connectivity index (χ3v) is 18.2. The summed E-state index contributed by atoms with van der Waals surface area (Å²) in [7, 11) is 0.254. The summed E-state index contributed by atoms with van der Waals surface area (Å²) in [5, 5.41) is 108. The van der Waals surface area contributed by atoms with Gasteiger partial charge in [-0.3, -0.25) is 33.6 Å². The van der Waals surface area contributed by atoms with Gasteiger partial charge < -0.3 is 130 Å². The fourth-order valence-electron chi connectivity index (χ4n) is 9.80. The van der Waals surface area contributed by atoms with Crippen LogP contribution in [0, 0.1) is 12.8 Å². The van der Waals surface area contributed by atoms with Crippen molar-refractivity contribution in [1.82, 2.24) is 61.8 Å². The van der Waals surface area contributed by atoms with Crippen molar-refractivity contribution in [1.29, 1.82) is 0 Å². The zero-order chi connectivity index (χ0) is 71.0. The first kappa shape index (κ1) is 77.7. The number of aliphatic hydroxyl groups is 8. The van der Waals surface area contributed by atoms with Gasteiger partial charge >= 0.3 is 6.09 Å². The Morgan fingerprint density at radius 2 is 1.47 bits per heavy atom. The topological polar surface area (TPSA) is 627 Å².